The van der Waals surface area contributed by atoms with Crippen LogP contribution in [0.5, 0.6) is 0 Å². The SMILES string of the molecule is CC/C=C\C/C=C\C/C=C\C/C=C\CCCCC(=O)NC(COC1OC(CO)C(OC2OC(CO)C(OC3OC(CO)C(O)C(O)C3O)C(O)C2O)C(O)C1O)C(O)/C=C/CCCCCCCCCCCCCCCCCCCCCCCC. The number of ether oxygens (including phenoxy) is 6. The summed E-state index contributed by atoms with van der Waals surface area (Å²) in [4.78, 5) is 13.3. The Morgan fingerprint density at radius 1 is 0.440 bits per heavy atom. The average molecular weight is 1200 g/mol. The van der Waals surface area contributed by atoms with E-state index >= 15 is 0 Å². The summed E-state index contributed by atoms with van der Waals surface area (Å²) < 4.78 is 34.3. The summed E-state index contributed by atoms with van der Waals surface area (Å²) in [7, 11) is 0. The van der Waals surface area contributed by atoms with Crippen LogP contribution < -0.4 is 5.32 Å². The van der Waals surface area contributed by atoms with Gasteiger partial charge >= 0.3 is 0 Å². The zero-order chi connectivity index (χ0) is 61.2. The van der Waals surface area contributed by atoms with Crippen LogP contribution in [-0.2, 0) is 33.2 Å². The third-order valence-electron chi connectivity index (χ3n) is 16.1. The number of unbranched alkanes of at least 4 members (excludes halogenated alkanes) is 24. The minimum atomic E-state index is -1.98. The van der Waals surface area contributed by atoms with Crippen molar-refractivity contribution in [3.8, 4) is 0 Å². The quantitative estimate of drug-likeness (QED) is 0.0211. The third-order valence-corrected chi connectivity index (χ3v) is 16.1. The average Bonchev–Trinajstić information content (AvgIpc) is 2.81. The summed E-state index contributed by atoms with van der Waals surface area (Å²) in [5.41, 5.74) is 0. The van der Waals surface area contributed by atoms with Gasteiger partial charge in [0.2, 0.25) is 5.91 Å². The Balaban J connectivity index is 1.47. The highest BCUT2D eigenvalue weighted by molar-refractivity contribution is 5.76. The highest BCUT2D eigenvalue weighted by Gasteiger charge is 2.53. The molecule has 19 nitrogen and oxygen atoms in total. The highest BCUT2D eigenvalue weighted by atomic mass is 16.8. The Morgan fingerprint density at radius 2 is 0.821 bits per heavy atom. The topological polar surface area (TPSA) is 307 Å². The van der Waals surface area contributed by atoms with E-state index in [1.807, 2.05) is 6.08 Å². The second-order valence-corrected chi connectivity index (χ2v) is 23.2. The minimum Gasteiger partial charge on any atom is -0.394 e. The molecule has 0 bridgehead atoms. The Kier molecular flexibility index (Phi) is 42.8. The summed E-state index contributed by atoms with van der Waals surface area (Å²) in [6.07, 6.45) is 29.2. The fourth-order valence-electron chi connectivity index (χ4n) is 10.8. The van der Waals surface area contributed by atoms with Gasteiger partial charge in [-0.15, -0.1) is 0 Å². The molecule has 17 unspecified atom stereocenters. The molecule has 0 aromatic rings. The van der Waals surface area contributed by atoms with Gasteiger partial charge in [-0.25, -0.2) is 0 Å². The molecule has 0 aromatic heterocycles. The fourth-order valence-corrected chi connectivity index (χ4v) is 10.8. The van der Waals surface area contributed by atoms with Crippen molar-refractivity contribution in [2.45, 2.75) is 317 Å². The van der Waals surface area contributed by atoms with Crippen molar-refractivity contribution in [2.75, 3.05) is 26.4 Å². The van der Waals surface area contributed by atoms with Crippen LogP contribution in [0.2, 0.25) is 0 Å². The molecule has 19 heteroatoms. The number of carbonyl (C=O) groups excluding carboxylic acids is 1. The molecule has 0 radical (unpaired) electrons. The molecule has 3 aliphatic heterocycles. The van der Waals surface area contributed by atoms with Crippen molar-refractivity contribution in [2.24, 2.45) is 0 Å². The predicted octanol–water partition coefficient (Wildman–Crippen LogP) is 7.21. The lowest BCUT2D eigenvalue weighted by Gasteiger charge is -2.48. The number of aliphatic hydroxyl groups excluding tert-OH is 11. The Morgan fingerprint density at radius 3 is 1.29 bits per heavy atom. The van der Waals surface area contributed by atoms with E-state index in [9.17, 15) is 61.0 Å². The molecule has 1 amide bonds. The van der Waals surface area contributed by atoms with Crippen molar-refractivity contribution in [3.63, 3.8) is 0 Å². The van der Waals surface area contributed by atoms with E-state index in [-0.39, 0.29) is 18.9 Å². The number of amides is 1. The zero-order valence-corrected chi connectivity index (χ0v) is 51.1. The molecule has 0 spiro atoms. The highest BCUT2D eigenvalue weighted by Crippen LogP contribution is 2.33. The standard InChI is InChI=1S/C65H115NO18/c1-3-5-7-9-11-13-15-17-19-20-21-22-23-24-25-26-27-29-30-32-34-36-38-40-42-49(70)48(66-53(71)43-41-39-37-35-33-31-28-18-16-14-12-10-8-6-4-2)47-79-63-59(77)56(74)61(51(45-68)81-63)84-65-60(78)57(75)62(52(46-69)82-65)83-64-58(76)55(73)54(72)50(44-67)80-64/h6,8,12,14,18,28,33,35,40,42,48-52,54-65,67-70,72-78H,3-5,7,9-11,13,15-17,19-27,29-32,34,36-39,41,43-47H2,1-2H3,(H,66,71)/b8-6-,14-12-,28-18-,35-33-,42-40+. The maximum atomic E-state index is 13.3. The summed E-state index contributed by atoms with van der Waals surface area (Å²) in [6, 6.07) is -0.997. The third kappa shape index (κ3) is 30.1. The Labute approximate surface area is 503 Å². The van der Waals surface area contributed by atoms with Gasteiger partial charge in [-0.05, 0) is 57.8 Å². The van der Waals surface area contributed by atoms with E-state index in [2.05, 4.69) is 67.8 Å². The number of aliphatic hydroxyl groups is 11. The summed E-state index contributed by atoms with van der Waals surface area (Å²) >= 11 is 0. The van der Waals surface area contributed by atoms with E-state index in [0.29, 0.717) is 6.42 Å². The molecule has 3 rings (SSSR count). The van der Waals surface area contributed by atoms with Crippen molar-refractivity contribution < 1.29 is 89.4 Å². The molecule has 3 heterocycles. The Hall–Kier alpha value is -2.51. The lowest BCUT2D eigenvalue weighted by atomic mass is 9.96. The second kappa shape index (κ2) is 47.5. The molecule has 84 heavy (non-hydrogen) atoms. The van der Waals surface area contributed by atoms with Crippen LogP contribution in [0.3, 0.4) is 0 Å². The van der Waals surface area contributed by atoms with E-state index in [1.54, 1.807) is 6.08 Å². The first-order valence-electron chi connectivity index (χ1n) is 32.5. The predicted molar refractivity (Wildman–Crippen MR) is 323 cm³/mol. The molecule has 17 atom stereocenters. The van der Waals surface area contributed by atoms with E-state index in [1.165, 1.54) is 122 Å². The molecular formula is C65H115NO18. The van der Waals surface area contributed by atoms with Crippen LogP contribution in [0.15, 0.2) is 60.8 Å². The van der Waals surface area contributed by atoms with Gasteiger partial charge in [0.15, 0.2) is 18.9 Å². The number of hydrogen-bond acceptors (Lipinski definition) is 18. The summed E-state index contributed by atoms with van der Waals surface area (Å²) in [6.45, 7) is 1.58. The van der Waals surface area contributed by atoms with Gasteiger partial charge in [-0.3, -0.25) is 4.79 Å². The Bertz CT molecular complexity index is 1770. The lowest BCUT2D eigenvalue weighted by Crippen LogP contribution is -2.66. The van der Waals surface area contributed by atoms with Gasteiger partial charge in [0.1, 0.15) is 73.2 Å². The number of rotatable bonds is 48. The maximum absolute atomic E-state index is 13.3. The largest absolute Gasteiger partial charge is 0.394 e. The molecule has 12 N–H and O–H groups in total. The van der Waals surface area contributed by atoms with Gasteiger partial charge < -0.3 is 89.9 Å². The van der Waals surface area contributed by atoms with Gasteiger partial charge in [0.25, 0.3) is 0 Å². The number of carbonyl (C=O) groups is 1. The summed E-state index contributed by atoms with van der Waals surface area (Å²) in [5.74, 6) is -0.317. The van der Waals surface area contributed by atoms with E-state index in [4.69, 9.17) is 28.4 Å². The van der Waals surface area contributed by atoms with Gasteiger partial charge in [-0.1, -0.05) is 209 Å². The summed E-state index contributed by atoms with van der Waals surface area (Å²) in [5, 5.41) is 120. The smallest absolute Gasteiger partial charge is 0.220 e. The van der Waals surface area contributed by atoms with Gasteiger partial charge in [-0.2, -0.15) is 0 Å². The lowest BCUT2D eigenvalue weighted by molar-refractivity contribution is -0.379. The second-order valence-electron chi connectivity index (χ2n) is 23.2. The van der Waals surface area contributed by atoms with Crippen LogP contribution in [-0.4, -0.2) is 193 Å². The number of nitrogens with one attached hydrogen (secondary N) is 1. The van der Waals surface area contributed by atoms with Crippen molar-refractivity contribution >= 4 is 5.91 Å². The molecule has 0 saturated carbocycles. The van der Waals surface area contributed by atoms with Gasteiger partial charge in [0, 0.05) is 6.42 Å². The molecular weight excluding hydrogens is 1080 g/mol. The number of allylic oxidation sites excluding steroid dienone is 9. The monoisotopic (exact) mass is 1200 g/mol. The molecule has 3 aliphatic rings. The molecule has 3 fully saturated rings. The first-order valence-corrected chi connectivity index (χ1v) is 32.5. The normalized spacial score (nSPS) is 29.6. The van der Waals surface area contributed by atoms with Crippen LogP contribution in [0.1, 0.15) is 213 Å². The van der Waals surface area contributed by atoms with Crippen LogP contribution in [0.4, 0.5) is 0 Å². The number of hydrogen-bond donors (Lipinski definition) is 12. The van der Waals surface area contributed by atoms with Crippen molar-refractivity contribution in [1.82, 2.24) is 5.32 Å². The zero-order valence-electron chi connectivity index (χ0n) is 51.1. The van der Waals surface area contributed by atoms with Gasteiger partial charge in [0.05, 0.1) is 38.6 Å². The van der Waals surface area contributed by atoms with E-state index < -0.39 is 124 Å². The first-order chi connectivity index (χ1) is 40.8. The van der Waals surface area contributed by atoms with Crippen molar-refractivity contribution in [3.05, 3.63) is 60.8 Å². The van der Waals surface area contributed by atoms with Crippen molar-refractivity contribution in [1.29, 1.82) is 0 Å². The molecule has 0 aromatic carbocycles. The first kappa shape index (κ1) is 75.7. The molecule has 488 valence electrons. The minimum absolute atomic E-state index is 0.189. The fraction of sp³-hybridized carbons (Fsp3) is 0.831. The maximum Gasteiger partial charge on any atom is 0.220 e. The van der Waals surface area contributed by atoms with Crippen LogP contribution >= 0.6 is 0 Å². The van der Waals surface area contributed by atoms with Crippen LogP contribution in [0.25, 0.3) is 0 Å². The van der Waals surface area contributed by atoms with Crippen LogP contribution in [0, 0.1) is 0 Å². The van der Waals surface area contributed by atoms with E-state index in [0.717, 1.165) is 64.2 Å². The molecule has 0 aliphatic carbocycles. The molecule has 3 saturated heterocycles.